The number of rotatable bonds is 6. The Labute approximate surface area is 68.2 Å². The van der Waals surface area contributed by atoms with E-state index in [2.05, 4.69) is 0 Å². The van der Waals surface area contributed by atoms with Crippen molar-refractivity contribution in [2.45, 2.75) is 44.8 Å². The van der Waals surface area contributed by atoms with Crippen LogP contribution in [0.4, 0.5) is 0 Å². The maximum absolute atomic E-state index is 9.25. The number of nitrogens with two attached hydrogens (primary N) is 1. The van der Waals surface area contributed by atoms with Crippen molar-refractivity contribution in [2.24, 2.45) is 5.73 Å². The third-order valence-electron chi connectivity index (χ3n) is 1.82. The van der Waals surface area contributed by atoms with Crippen LogP contribution in [0.1, 0.15) is 32.6 Å². The highest BCUT2D eigenvalue weighted by molar-refractivity contribution is 4.64. The van der Waals surface area contributed by atoms with Gasteiger partial charge in [0.25, 0.3) is 0 Å². The number of aliphatic hydroxyl groups is 2. The third-order valence-corrected chi connectivity index (χ3v) is 1.82. The molecule has 0 aliphatic heterocycles. The molecule has 0 spiro atoms. The average molecular weight is 161 g/mol. The van der Waals surface area contributed by atoms with Crippen LogP contribution in [0, 0.1) is 0 Å². The van der Waals surface area contributed by atoms with Gasteiger partial charge < -0.3 is 15.9 Å². The molecule has 0 aromatic carbocycles. The Balaban J connectivity index is 3.28. The van der Waals surface area contributed by atoms with E-state index in [4.69, 9.17) is 10.8 Å². The van der Waals surface area contributed by atoms with Gasteiger partial charge in [-0.25, -0.2) is 0 Å². The van der Waals surface area contributed by atoms with Gasteiger partial charge in [0.15, 0.2) is 0 Å². The fourth-order valence-corrected chi connectivity index (χ4v) is 0.962. The summed E-state index contributed by atoms with van der Waals surface area (Å²) in [5.41, 5.74) is 5.28. The van der Waals surface area contributed by atoms with Crippen molar-refractivity contribution in [1.82, 2.24) is 0 Å². The number of hydrogen-bond acceptors (Lipinski definition) is 3. The minimum Gasteiger partial charge on any atom is -0.390 e. The largest absolute Gasteiger partial charge is 0.390 e. The molecule has 4 N–H and O–H groups in total. The molecule has 68 valence electrons. The summed E-state index contributed by atoms with van der Waals surface area (Å²) in [7, 11) is 0. The van der Waals surface area contributed by atoms with Gasteiger partial charge in [-0.3, -0.25) is 0 Å². The van der Waals surface area contributed by atoms with Crippen LogP contribution in [0.2, 0.25) is 0 Å². The molecule has 0 bridgehead atoms. The monoisotopic (exact) mass is 161 g/mol. The van der Waals surface area contributed by atoms with E-state index in [1.165, 1.54) is 0 Å². The molecule has 0 saturated carbocycles. The summed E-state index contributed by atoms with van der Waals surface area (Å²) < 4.78 is 0. The lowest BCUT2D eigenvalue weighted by molar-refractivity contribution is 0.0115. The Kier molecular flexibility index (Phi) is 6.51. The molecule has 0 aliphatic carbocycles. The summed E-state index contributed by atoms with van der Waals surface area (Å²) in [6.45, 7) is 2.52. The Bertz CT molecular complexity index is 88.2. The smallest absolute Gasteiger partial charge is 0.0799 e. The quantitative estimate of drug-likeness (QED) is 0.489. The summed E-state index contributed by atoms with van der Waals surface area (Å²) in [6, 6.07) is 0. The molecule has 11 heavy (non-hydrogen) atoms. The lowest BCUT2D eigenvalue weighted by Crippen LogP contribution is -2.24. The van der Waals surface area contributed by atoms with Crippen LogP contribution in [-0.4, -0.2) is 29.0 Å². The maximum atomic E-state index is 9.25. The number of unbranched alkanes of at least 4 members (excludes halogenated alkanes) is 1. The maximum Gasteiger partial charge on any atom is 0.0799 e. The Morgan fingerprint density at radius 2 is 1.82 bits per heavy atom. The highest BCUT2D eigenvalue weighted by atomic mass is 16.3. The number of aliphatic hydroxyl groups excluding tert-OH is 2. The lowest BCUT2D eigenvalue weighted by Gasteiger charge is -2.15. The van der Waals surface area contributed by atoms with Crippen LogP contribution in [0.3, 0.4) is 0 Å². The van der Waals surface area contributed by atoms with E-state index in [0.717, 1.165) is 12.8 Å². The summed E-state index contributed by atoms with van der Waals surface area (Å²) in [6.07, 6.45) is 1.97. The normalized spacial score (nSPS) is 16.4. The number of hydrogen-bond donors (Lipinski definition) is 3. The van der Waals surface area contributed by atoms with Crippen molar-refractivity contribution in [3.63, 3.8) is 0 Å². The zero-order chi connectivity index (χ0) is 8.69. The van der Waals surface area contributed by atoms with Crippen LogP contribution >= 0.6 is 0 Å². The van der Waals surface area contributed by atoms with Crippen LogP contribution in [-0.2, 0) is 0 Å². The lowest BCUT2D eigenvalue weighted by atomic mass is 10.1. The molecule has 0 aromatic heterocycles. The first kappa shape index (κ1) is 10.9. The van der Waals surface area contributed by atoms with Crippen molar-refractivity contribution in [2.75, 3.05) is 6.54 Å². The highest BCUT2D eigenvalue weighted by Crippen LogP contribution is 2.06. The molecule has 0 aliphatic rings. The molecule has 2 atom stereocenters. The van der Waals surface area contributed by atoms with Gasteiger partial charge in [-0.2, -0.15) is 0 Å². The Morgan fingerprint density at radius 1 is 1.18 bits per heavy atom. The predicted molar refractivity (Wildman–Crippen MR) is 45.2 cm³/mol. The zero-order valence-electron chi connectivity index (χ0n) is 7.16. The zero-order valence-corrected chi connectivity index (χ0v) is 7.16. The second kappa shape index (κ2) is 6.58. The highest BCUT2D eigenvalue weighted by Gasteiger charge is 2.12. The van der Waals surface area contributed by atoms with E-state index in [1.54, 1.807) is 0 Å². The fourth-order valence-electron chi connectivity index (χ4n) is 0.962. The van der Waals surface area contributed by atoms with Gasteiger partial charge in [-0.1, -0.05) is 6.92 Å². The molecular weight excluding hydrogens is 142 g/mol. The minimum atomic E-state index is -0.563. The van der Waals surface area contributed by atoms with Gasteiger partial charge in [-0.05, 0) is 32.2 Å². The van der Waals surface area contributed by atoms with Crippen LogP contribution in [0.25, 0.3) is 0 Å². The molecule has 3 heteroatoms. The average Bonchev–Trinajstić information content (AvgIpc) is 2.03. The van der Waals surface area contributed by atoms with E-state index in [0.29, 0.717) is 19.4 Å². The second-order valence-electron chi connectivity index (χ2n) is 2.83. The van der Waals surface area contributed by atoms with Gasteiger partial charge in [0.05, 0.1) is 12.2 Å². The van der Waals surface area contributed by atoms with E-state index in [-0.39, 0.29) is 0 Å². The standard InChI is InChI=1S/C8H19NO2/c1-2-7(10)8(11)5-3-4-6-9/h7-8,10-11H,2-6,9H2,1H3. The first-order chi connectivity index (χ1) is 5.22. The molecule has 3 nitrogen and oxygen atoms in total. The van der Waals surface area contributed by atoms with E-state index in [1.807, 2.05) is 6.92 Å². The van der Waals surface area contributed by atoms with Crippen molar-refractivity contribution < 1.29 is 10.2 Å². The van der Waals surface area contributed by atoms with E-state index >= 15 is 0 Å². The van der Waals surface area contributed by atoms with E-state index < -0.39 is 12.2 Å². The van der Waals surface area contributed by atoms with Crippen molar-refractivity contribution in [3.05, 3.63) is 0 Å². The van der Waals surface area contributed by atoms with Gasteiger partial charge in [-0.15, -0.1) is 0 Å². The molecule has 0 amide bonds. The minimum absolute atomic E-state index is 0.562. The van der Waals surface area contributed by atoms with Crippen LogP contribution < -0.4 is 5.73 Å². The van der Waals surface area contributed by atoms with Gasteiger partial charge in [0.1, 0.15) is 0 Å². The SMILES string of the molecule is CCC(O)C(O)CCCCN. The summed E-state index contributed by atoms with van der Waals surface area (Å²) in [4.78, 5) is 0. The molecule has 0 saturated heterocycles. The predicted octanol–water partition coefficient (Wildman–Crippen LogP) is 0.247. The summed E-state index contributed by atoms with van der Waals surface area (Å²) >= 11 is 0. The van der Waals surface area contributed by atoms with Gasteiger partial charge >= 0.3 is 0 Å². The molecule has 0 fully saturated rings. The van der Waals surface area contributed by atoms with Crippen molar-refractivity contribution >= 4 is 0 Å². The molecule has 0 rings (SSSR count). The summed E-state index contributed by atoms with van der Waals surface area (Å²) in [5, 5.41) is 18.4. The topological polar surface area (TPSA) is 66.5 Å². The third kappa shape index (κ3) is 5.18. The molecule has 0 aromatic rings. The van der Waals surface area contributed by atoms with E-state index in [9.17, 15) is 5.11 Å². The molecule has 0 heterocycles. The van der Waals surface area contributed by atoms with Crippen LogP contribution in [0.5, 0.6) is 0 Å². The van der Waals surface area contributed by atoms with Gasteiger partial charge in [0, 0.05) is 0 Å². The van der Waals surface area contributed by atoms with Crippen molar-refractivity contribution in [1.29, 1.82) is 0 Å². The fraction of sp³-hybridized carbons (Fsp3) is 1.00. The molecule has 0 radical (unpaired) electrons. The molecule has 2 unspecified atom stereocenters. The molecular formula is C8H19NO2. The van der Waals surface area contributed by atoms with Crippen LogP contribution in [0.15, 0.2) is 0 Å². The Hall–Kier alpha value is -0.120. The summed E-state index contributed by atoms with van der Waals surface area (Å²) in [5.74, 6) is 0. The van der Waals surface area contributed by atoms with Crippen molar-refractivity contribution in [3.8, 4) is 0 Å². The first-order valence-electron chi connectivity index (χ1n) is 4.28. The second-order valence-corrected chi connectivity index (χ2v) is 2.83. The Morgan fingerprint density at radius 3 is 2.27 bits per heavy atom. The van der Waals surface area contributed by atoms with Gasteiger partial charge in [0.2, 0.25) is 0 Å². The first-order valence-corrected chi connectivity index (χ1v) is 4.28.